The van der Waals surface area contributed by atoms with Crippen LogP contribution in [-0.4, -0.2) is 35.2 Å². The Balaban J connectivity index is 1.70. The molecule has 2 aromatic heterocycles. The predicted octanol–water partition coefficient (Wildman–Crippen LogP) is 4.06. The lowest BCUT2D eigenvalue weighted by Crippen LogP contribution is -2.47. The van der Waals surface area contributed by atoms with E-state index in [1.165, 1.54) is 22.7 Å². The molecular formula is C20H22N4O3S2. The number of carbonyl (C=O) groups excluding carboxylic acids is 2. The first-order valence-electron chi connectivity index (χ1n) is 9.15. The van der Waals surface area contributed by atoms with Crippen LogP contribution in [0.15, 0.2) is 41.8 Å². The normalized spacial score (nSPS) is 12.8. The highest BCUT2D eigenvalue weighted by molar-refractivity contribution is 7.18. The van der Waals surface area contributed by atoms with E-state index in [4.69, 9.17) is 4.74 Å². The number of thiophene rings is 1. The van der Waals surface area contributed by atoms with Gasteiger partial charge in [0.2, 0.25) is 11.0 Å². The van der Waals surface area contributed by atoms with E-state index in [-0.39, 0.29) is 17.7 Å². The van der Waals surface area contributed by atoms with Gasteiger partial charge in [-0.1, -0.05) is 37.7 Å². The zero-order chi connectivity index (χ0) is 20.8. The standard InChI is InChI=1S/C20H22N4O3S2/c1-4-12(2)16(21-17(25)15-6-5-11-28-15)18(26)22-20-24-23-19(29-20)13-7-9-14(27-3)10-8-13/h5-12,16H,4H2,1-3H3,(H,21,25)(H,22,24,26). The highest BCUT2D eigenvalue weighted by Crippen LogP contribution is 2.28. The third kappa shape index (κ3) is 5.18. The Morgan fingerprint density at radius 1 is 1.17 bits per heavy atom. The van der Waals surface area contributed by atoms with Gasteiger partial charge in [-0.15, -0.1) is 21.5 Å². The molecule has 3 aromatic rings. The fraction of sp³-hybridized carbons (Fsp3) is 0.300. The van der Waals surface area contributed by atoms with Gasteiger partial charge in [0.1, 0.15) is 16.8 Å². The summed E-state index contributed by atoms with van der Waals surface area (Å²) in [5.41, 5.74) is 0.883. The lowest BCUT2D eigenvalue weighted by molar-refractivity contribution is -0.119. The lowest BCUT2D eigenvalue weighted by Gasteiger charge is -2.22. The molecule has 3 rings (SSSR count). The number of aromatic nitrogens is 2. The first-order chi connectivity index (χ1) is 14.0. The fourth-order valence-electron chi connectivity index (χ4n) is 2.63. The Bertz CT molecular complexity index is 955. The van der Waals surface area contributed by atoms with Gasteiger partial charge in [0.05, 0.1) is 12.0 Å². The van der Waals surface area contributed by atoms with Crippen LogP contribution in [0.5, 0.6) is 5.75 Å². The SMILES string of the molecule is CCC(C)C(NC(=O)c1cccs1)C(=O)Nc1nnc(-c2ccc(OC)cc2)s1. The average Bonchev–Trinajstić information content (AvgIpc) is 3.43. The molecule has 0 saturated carbocycles. The third-order valence-electron chi connectivity index (χ3n) is 4.52. The second kappa shape index (κ2) is 9.62. The first kappa shape index (κ1) is 20.9. The Labute approximate surface area is 177 Å². The minimum absolute atomic E-state index is 0.0344. The lowest BCUT2D eigenvalue weighted by atomic mass is 9.98. The van der Waals surface area contributed by atoms with Crippen molar-refractivity contribution in [3.8, 4) is 16.3 Å². The molecule has 0 aliphatic carbocycles. The maximum Gasteiger partial charge on any atom is 0.262 e. The van der Waals surface area contributed by atoms with E-state index < -0.39 is 6.04 Å². The third-order valence-corrected chi connectivity index (χ3v) is 6.28. The molecule has 0 fully saturated rings. The molecule has 29 heavy (non-hydrogen) atoms. The first-order valence-corrected chi connectivity index (χ1v) is 10.8. The van der Waals surface area contributed by atoms with Crippen molar-refractivity contribution in [2.24, 2.45) is 5.92 Å². The van der Waals surface area contributed by atoms with Gasteiger partial charge in [0.25, 0.3) is 5.91 Å². The van der Waals surface area contributed by atoms with Crippen molar-refractivity contribution in [1.82, 2.24) is 15.5 Å². The zero-order valence-corrected chi connectivity index (χ0v) is 18.0. The summed E-state index contributed by atoms with van der Waals surface area (Å²) in [6.07, 6.45) is 0.746. The quantitative estimate of drug-likeness (QED) is 0.562. The summed E-state index contributed by atoms with van der Waals surface area (Å²) < 4.78 is 5.16. The molecule has 7 nitrogen and oxygen atoms in total. The molecule has 2 unspecified atom stereocenters. The molecule has 0 radical (unpaired) electrons. The molecule has 0 spiro atoms. The van der Waals surface area contributed by atoms with Crippen LogP contribution < -0.4 is 15.4 Å². The molecule has 0 aliphatic rings. The highest BCUT2D eigenvalue weighted by atomic mass is 32.1. The van der Waals surface area contributed by atoms with E-state index in [1.54, 1.807) is 19.2 Å². The summed E-state index contributed by atoms with van der Waals surface area (Å²) >= 11 is 2.61. The number of anilines is 1. The van der Waals surface area contributed by atoms with Crippen LogP contribution in [0.2, 0.25) is 0 Å². The summed E-state index contributed by atoms with van der Waals surface area (Å²) in [6.45, 7) is 3.91. The van der Waals surface area contributed by atoms with E-state index >= 15 is 0 Å². The number of carbonyl (C=O) groups is 2. The molecular weight excluding hydrogens is 408 g/mol. The van der Waals surface area contributed by atoms with Gasteiger partial charge in [-0.25, -0.2) is 0 Å². The minimum atomic E-state index is -0.664. The zero-order valence-electron chi connectivity index (χ0n) is 16.3. The number of hydrogen-bond donors (Lipinski definition) is 2. The second-order valence-electron chi connectivity index (χ2n) is 6.44. The Kier molecular flexibility index (Phi) is 6.95. The summed E-state index contributed by atoms with van der Waals surface area (Å²) in [5.74, 6) is 0.163. The second-order valence-corrected chi connectivity index (χ2v) is 8.37. The minimum Gasteiger partial charge on any atom is -0.497 e. The van der Waals surface area contributed by atoms with E-state index in [9.17, 15) is 9.59 Å². The summed E-state index contributed by atoms with van der Waals surface area (Å²) in [6, 6.07) is 10.3. The number of hydrogen-bond acceptors (Lipinski definition) is 7. The molecule has 2 atom stereocenters. The maximum absolute atomic E-state index is 12.8. The van der Waals surface area contributed by atoms with Crippen molar-refractivity contribution < 1.29 is 14.3 Å². The van der Waals surface area contributed by atoms with Crippen molar-refractivity contribution in [3.05, 3.63) is 46.7 Å². The summed E-state index contributed by atoms with van der Waals surface area (Å²) in [4.78, 5) is 25.8. The molecule has 2 heterocycles. The maximum atomic E-state index is 12.8. The van der Waals surface area contributed by atoms with Crippen LogP contribution in [0.3, 0.4) is 0 Å². The fourth-order valence-corrected chi connectivity index (χ4v) is 4.01. The Morgan fingerprint density at radius 3 is 2.55 bits per heavy atom. The molecule has 0 bridgehead atoms. The smallest absolute Gasteiger partial charge is 0.262 e. The van der Waals surface area contributed by atoms with Crippen LogP contribution in [0.25, 0.3) is 10.6 Å². The molecule has 1 aromatic carbocycles. The highest BCUT2D eigenvalue weighted by Gasteiger charge is 2.27. The van der Waals surface area contributed by atoms with Crippen LogP contribution >= 0.6 is 22.7 Å². The molecule has 152 valence electrons. The number of rotatable bonds is 8. The predicted molar refractivity (Wildman–Crippen MR) is 116 cm³/mol. The number of nitrogens with zero attached hydrogens (tertiary/aromatic N) is 2. The van der Waals surface area contributed by atoms with Gasteiger partial charge in [-0.3, -0.25) is 14.9 Å². The largest absolute Gasteiger partial charge is 0.497 e. The average molecular weight is 431 g/mol. The van der Waals surface area contributed by atoms with Gasteiger partial charge in [0.15, 0.2) is 0 Å². The van der Waals surface area contributed by atoms with Crippen LogP contribution in [-0.2, 0) is 4.79 Å². The summed E-state index contributed by atoms with van der Waals surface area (Å²) in [5, 5.41) is 16.8. The molecule has 0 aliphatic heterocycles. The van der Waals surface area contributed by atoms with Gasteiger partial charge in [0, 0.05) is 5.56 Å². The molecule has 2 N–H and O–H groups in total. The van der Waals surface area contributed by atoms with Crippen LogP contribution in [0, 0.1) is 5.92 Å². The van der Waals surface area contributed by atoms with Crippen molar-refractivity contribution >= 4 is 39.6 Å². The number of amides is 2. The van der Waals surface area contributed by atoms with E-state index in [0.717, 1.165) is 17.7 Å². The number of ether oxygens (including phenoxy) is 1. The Hall–Kier alpha value is -2.78. The van der Waals surface area contributed by atoms with E-state index in [0.29, 0.717) is 15.0 Å². The molecule has 2 amide bonds. The monoisotopic (exact) mass is 430 g/mol. The van der Waals surface area contributed by atoms with Gasteiger partial charge >= 0.3 is 0 Å². The molecule has 0 saturated heterocycles. The number of nitrogens with one attached hydrogen (secondary N) is 2. The van der Waals surface area contributed by atoms with Crippen LogP contribution in [0.1, 0.15) is 29.9 Å². The van der Waals surface area contributed by atoms with Gasteiger partial charge in [-0.05, 0) is 41.6 Å². The van der Waals surface area contributed by atoms with Gasteiger partial charge in [-0.2, -0.15) is 0 Å². The Morgan fingerprint density at radius 2 is 1.93 bits per heavy atom. The van der Waals surface area contributed by atoms with Crippen molar-refractivity contribution in [2.75, 3.05) is 12.4 Å². The topological polar surface area (TPSA) is 93.2 Å². The van der Waals surface area contributed by atoms with Crippen molar-refractivity contribution in [2.45, 2.75) is 26.3 Å². The van der Waals surface area contributed by atoms with Crippen molar-refractivity contribution in [3.63, 3.8) is 0 Å². The molecule has 9 heteroatoms. The number of methoxy groups -OCH3 is 1. The summed E-state index contributed by atoms with van der Waals surface area (Å²) in [7, 11) is 1.61. The van der Waals surface area contributed by atoms with Gasteiger partial charge < -0.3 is 10.1 Å². The number of benzene rings is 1. The van der Waals surface area contributed by atoms with Crippen molar-refractivity contribution in [1.29, 1.82) is 0 Å². The van der Waals surface area contributed by atoms with Crippen LogP contribution in [0.4, 0.5) is 5.13 Å². The van der Waals surface area contributed by atoms with E-state index in [2.05, 4.69) is 20.8 Å². The van der Waals surface area contributed by atoms with E-state index in [1.807, 2.05) is 43.5 Å².